The SMILES string of the molecule is CC1(C)CCC(C#N)(Nc2ccccc2Br)C1. The second kappa shape index (κ2) is 4.34. The van der Waals surface area contributed by atoms with Gasteiger partial charge in [-0.05, 0) is 52.7 Å². The van der Waals surface area contributed by atoms with Crippen molar-refractivity contribution in [1.82, 2.24) is 0 Å². The molecule has 1 N–H and O–H groups in total. The zero-order valence-corrected chi connectivity index (χ0v) is 11.8. The third kappa shape index (κ3) is 2.63. The fourth-order valence-corrected chi connectivity index (χ4v) is 2.98. The van der Waals surface area contributed by atoms with Crippen molar-refractivity contribution >= 4 is 21.6 Å². The molecule has 0 aromatic heterocycles. The van der Waals surface area contributed by atoms with Gasteiger partial charge in [0.1, 0.15) is 5.54 Å². The Morgan fingerprint density at radius 1 is 1.29 bits per heavy atom. The van der Waals surface area contributed by atoms with Crippen molar-refractivity contribution < 1.29 is 0 Å². The third-order valence-corrected chi connectivity index (χ3v) is 4.16. The van der Waals surface area contributed by atoms with Gasteiger partial charge in [-0.2, -0.15) is 5.26 Å². The fourth-order valence-electron chi connectivity index (χ4n) is 2.60. The number of benzene rings is 1. The monoisotopic (exact) mass is 292 g/mol. The molecule has 0 amide bonds. The Hall–Kier alpha value is -1.01. The number of nitrogens with zero attached hydrogens (tertiary/aromatic N) is 1. The molecule has 1 saturated carbocycles. The molecule has 0 aliphatic heterocycles. The lowest BCUT2D eigenvalue weighted by molar-refractivity contribution is 0.368. The summed E-state index contributed by atoms with van der Waals surface area (Å²) in [6.45, 7) is 4.46. The average Bonchev–Trinajstić information content (AvgIpc) is 2.59. The van der Waals surface area contributed by atoms with Gasteiger partial charge in [0.2, 0.25) is 0 Å². The molecule has 90 valence electrons. The van der Waals surface area contributed by atoms with Gasteiger partial charge in [0.15, 0.2) is 0 Å². The normalized spacial score (nSPS) is 26.5. The highest BCUT2D eigenvalue weighted by molar-refractivity contribution is 9.10. The first-order chi connectivity index (χ1) is 7.96. The van der Waals surface area contributed by atoms with Gasteiger partial charge in [-0.3, -0.25) is 0 Å². The molecule has 3 heteroatoms. The maximum absolute atomic E-state index is 9.47. The van der Waals surface area contributed by atoms with E-state index >= 15 is 0 Å². The lowest BCUT2D eigenvalue weighted by Gasteiger charge is -2.26. The van der Waals surface area contributed by atoms with Gasteiger partial charge in [0.25, 0.3) is 0 Å². The minimum Gasteiger partial charge on any atom is -0.366 e. The summed E-state index contributed by atoms with van der Waals surface area (Å²) in [6.07, 6.45) is 2.91. The van der Waals surface area contributed by atoms with Gasteiger partial charge in [-0.15, -0.1) is 0 Å². The van der Waals surface area contributed by atoms with Crippen molar-refractivity contribution in [1.29, 1.82) is 5.26 Å². The van der Waals surface area contributed by atoms with Crippen LogP contribution in [0.15, 0.2) is 28.7 Å². The highest BCUT2D eigenvalue weighted by Gasteiger charge is 2.43. The molecule has 1 aromatic carbocycles. The number of nitrogens with one attached hydrogen (secondary N) is 1. The van der Waals surface area contributed by atoms with E-state index in [0.29, 0.717) is 0 Å². The summed E-state index contributed by atoms with van der Waals surface area (Å²) in [5.41, 5.74) is 0.851. The number of nitriles is 1. The summed E-state index contributed by atoms with van der Waals surface area (Å²) < 4.78 is 1.01. The smallest absolute Gasteiger partial charge is 0.125 e. The molecule has 0 spiro atoms. The maximum Gasteiger partial charge on any atom is 0.125 e. The molecule has 1 aliphatic rings. The van der Waals surface area contributed by atoms with E-state index in [1.807, 2.05) is 24.3 Å². The van der Waals surface area contributed by atoms with Gasteiger partial charge in [0, 0.05) is 10.2 Å². The van der Waals surface area contributed by atoms with Crippen LogP contribution in [-0.4, -0.2) is 5.54 Å². The minimum atomic E-state index is -0.409. The van der Waals surface area contributed by atoms with Crippen molar-refractivity contribution in [2.45, 2.75) is 38.6 Å². The molecule has 1 aliphatic carbocycles. The van der Waals surface area contributed by atoms with Crippen LogP contribution in [0.25, 0.3) is 0 Å². The molecule has 1 atom stereocenters. The van der Waals surface area contributed by atoms with E-state index in [2.05, 4.69) is 41.2 Å². The van der Waals surface area contributed by atoms with Crippen molar-refractivity contribution in [3.8, 4) is 6.07 Å². The van der Waals surface area contributed by atoms with E-state index in [0.717, 1.165) is 29.4 Å². The highest BCUT2D eigenvalue weighted by atomic mass is 79.9. The van der Waals surface area contributed by atoms with Crippen LogP contribution in [0.2, 0.25) is 0 Å². The van der Waals surface area contributed by atoms with E-state index in [-0.39, 0.29) is 5.41 Å². The number of hydrogen-bond acceptors (Lipinski definition) is 2. The van der Waals surface area contributed by atoms with Crippen LogP contribution in [0.1, 0.15) is 33.1 Å². The molecule has 0 heterocycles. The fraction of sp³-hybridized carbons (Fsp3) is 0.500. The first kappa shape index (κ1) is 12.4. The van der Waals surface area contributed by atoms with Crippen LogP contribution >= 0.6 is 15.9 Å². The molecule has 0 bridgehead atoms. The van der Waals surface area contributed by atoms with E-state index in [1.165, 1.54) is 0 Å². The molecule has 0 saturated heterocycles. The van der Waals surface area contributed by atoms with Gasteiger partial charge in [-0.1, -0.05) is 26.0 Å². The highest BCUT2D eigenvalue weighted by Crippen LogP contribution is 2.45. The van der Waals surface area contributed by atoms with Crippen LogP contribution in [0.5, 0.6) is 0 Å². The zero-order valence-electron chi connectivity index (χ0n) is 10.3. The second-order valence-electron chi connectivity index (χ2n) is 5.64. The summed E-state index contributed by atoms with van der Waals surface area (Å²) in [5, 5.41) is 12.9. The zero-order chi connectivity index (χ0) is 12.5. The topological polar surface area (TPSA) is 35.8 Å². The number of rotatable bonds is 2. The molecule has 2 rings (SSSR count). The summed E-state index contributed by atoms with van der Waals surface area (Å²) in [7, 11) is 0. The standard InChI is InChI=1S/C14H17BrN2/c1-13(2)7-8-14(9-13,10-16)17-12-6-4-3-5-11(12)15/h3-6,17H,7-9H2,1-2H3. The molecular weight excluding hydrogens is 276 g/mol. The molecule has 17 heavy (non-hydrogen) atoms. The third-order valence-electron chi connectivity index (χ3n) is 3.47. The Morgan fingerprint density at radius 3 is 2.53 bits per heavy atom. The van der Waals surface area contributed by atoms with Gasteiger partial charge < -0.3 is 5.32 Å². The quantitative estimate of drug-likeness (QED) is 0.880. The molecule has 1 fully saturated rings. The van der Waals surface area contributed by atoms with Crippen molar-refractivity contribution in [3.63, 3.8) is 0 Å². The van der Waals surface area contributed by atoms with E-state index in [1.54, 1.807) is 0 Å². The van der Waals surface area contributed by atoms with Crippen LogP contribution in [0.3, 0.4) is 0 Å². The Bertz CT molecular complexity index is 462. The molecule has 1 unspecified atom stereocenters. The average molecular weight is 293 g/mol. The number of hydrogen-bond donors (Lipinski definition) is 1. The van der Waals surface area contributed by atoms with Crippen LogP contribution in [0.4, 0.5) is 5.69 Å². The predicted molar refractivity (Wildman–Crippen MR) is 73.7 cm³/mol. The van der Waals surface area contributed by atoms with Crippen LogP contribution < -0.4 is 5.32 Å². The molecule has 0 radical (unpaired) electrons. The summed E-state index contributed by atoms with van der Waals surface area (Å²) >= 11 is 3.51. The lowest BCUT2D eigenvalue weighted by atomic mass is 9.88. The lowest BCUT2D eigenvalue weighted by Crippen LogP contribution is -2.34. The first-order valence-electron chi connectivity index (χ1n) is 5.90. The van der Waals surface area contributed by atoms with E-state index in [9.17, 15) is 5.26 Å². The Labute approximate surface area is 111 Å². The minimum absolute atomic E-state index is 0.254. The molecular formula is C14H17BrN2. The Morgan fingerprint density at radius 2 is 2.00 bits per heavy atom. The first-order valence-corrected chi connectivity index (χ1v) is 6.70. The molecule has 2 nitrogen and oxygen atoms in total. The van der Waals surface area contributed by atoms with Crippen LogP contribution in [-0.2, 0) is 0 Å². The van der Waals surface area contributed by atoms with Gasteiger partial charge in [0.05, 0.1) is 6.07 Å². The summed E-state index contributed by atoms with van der Waals surface area (Å²) in [5.74, 6) is 0. The number of anilines is 1. The van der Waals surface area contributed by atoms with Gasteiger partial charge in [-0.25, -0.2) is 0 Å². The van der Waals surface area contributed by atoms with Crippen molar-refractivity contribution in [2.75, 3.05) is 5.32 Å². The van der Waals surface area contributed by atoms with E-state index < -0.39 is 5.54 Å². The second-order valence-corrected chi connectivity index (χ2v) is 6.49. The van der Waals surface area contributed by atoms with Crippen molar-refractivity contribution in [2.24, 2.45) is 5.41 Å². The summed E-state index contributed by atoms with van der Waals surface area (Å²) in [6, 6.07) is 10.4. The van der Waals surface area contributed by atoms with Crippen LogP contribution in [0, 0.1) is 16.7 Å². The maximum atomic E-state index is 9.47. The summed E-state index contributed by atoms with van der Waals surface area (Å²) in [4.78, 5) is 0. The number of para-hydroxylation sites is 1. The molecule has 1 aromatic rings. The largest absolute Gasteiger partial charge is 0.366 e. The van der Waals surface area contributed by atoms with Gasteiger partial charge >= 0.3 is 0 Å². The van der Waals surface area contributed by atoms with E-state index in [4.69, 9.17) is 0 Å². The Balaban J connectivity index is 2.23. The van der Waals surface area contributed by atoms with Crippen molar-refractivity contribution in [3.05, 3.63) is 28.7 Å². The Kier molecular flexibility index (Phi) is 3.18. The number of halogens is 1. The predicted octanol–water partition coefficient (Wildman–Crippen LogP) is 4.33.